The summed E-state index contributed by atoms with van der Waals surface area (Å²) >= 11 is 38.8. The van der Waals surface area contributed by atoms with Gasteiger partial charge in [0.2, 0.25) is 18.1 Å². The Morgan fingerprint density at radius 2 is 0.809 bits per heavy atom. The average Bonchev–Trinajstić information content (AvgIpc) is 2.95. The van der Waals surface area contributed by atoms with Crippen LogP contribution in [0.15, 0.2) is 72.8 Å². The second-order valence-corrected chi connectivity index (χ2v) is 22.1. The SMILES string of the molecule is CC(C)(C)[Si](Cc1cc(Cl)c(C(=O)c2ccc(Cl)cc2)c(Cl)c1)O[Si](Cc1cc(Cl)c(C(=O)c2ccc(Cl)cc2)c(Cl)c1)C(C)(C)C. The Morgan fingerprint density at radius 3 is 1.06 bits per heavy atom. The zero-order valence-corrected chi connectivity index (χ0v) is 33.4. The van der Waals surface area contributed by atoms with Gasteiger partial charge in [-0.3, -0.25) is 9.59 Å². The molecule has 4 aromatic rings. The first-order valence-electron chi connectivity index (χ1n) is 14.8. The number of halogens is 6. The van der Waals surface area contributed by atoms with Crippen LogP contribution in [0.1, 0.15) is 84.5 Å². The predicted molar refractivity (Wildman–Crippen MR) is 202 cm³/mol. The van der Waals surface area contributed by atoms with Gasteiger partial charge in [0.1, 0.15) is 0 Å². The second-order valence-electron chi connectivity index (χ2n) is 13.3. The van der Waals surface area contributed by atoms with Gasteiger partial charge < -0.3 is 4.12 Å². The van der Waals surface area contributed by atoms with E-state index in [9.17, 15) is 9.59 Å². The van der Waals surface area contributed by atoms with E-state index < -0.39 is 18.1 Å². The fourth-order valence-electron chi connectivity index (χ4n) is 4.81. The Balaban J connectivity index is 1.59. The molecule has 11 heteroatoms. The van der Waals surface area contributed by atoms with Crippen LogP contribution in [0.4, 0.5) is 0 Å². The summed E-state index contributed by atoms with van der Waals surface area (Å²) in [6.07, 6.45) is 0. The first-order chi connectivity index (χ1) is 21.8. The summed E-state index contributed by atoms with van der Waals surface area (Å²) in [4.78, 5) is 26.5. The van der Waals surface area contributed by atoms with Gasteiger partial charge in [-0.25, -0.2) is 0 Å². The maximum Gasteiger partial charge on any atom is 0.208 e. The van der Waals surface area contributed by atoms with E-state index in [0.29, 0.717) is 53.4 Å². The van der Waals surface area contributed by atoms with Gasteiger partial charge in [0.05, 0.1) is 31.2 Å². The molecule has 0 bridgehead atoms. The highest BCUT2D eigenvalue weighted by atomic mass is 35.5. The summed E-state index contributed by atoms with van der Waals surface area (Å²) < 4.78 is 7.14. The fraction of sp³-hybridized carbons (Fsp3) is 0.278. The highest BCUT2D eigenvalue weighted by molar-refractivity contribution is 6.69. The first kappa shape index (κ1) is 38.2. The molecule has 0 fully saturated rings. The molecule has 0 aliphatic rings. The number of ketones is 2. The number of carbonyl (C=O) groups is 2. The quantitative estimate of drug-likeness (QED) is 0.119. The topological polar surface area (TPSA) is 43.4 Å². The van der Waals surface area contributed by atoms with E-state index in [1.807, 2.05) is 24.3 Å². The van der Waals surface area contributed by atoms with Crippen LogP contribution < -0.4 is 0 Å². The highest BCUT2D eigenvalue weighted by Gasteiger charge is 2.38. The smallest absolute Gasteiger partial charge is 0.208 e. The van der Waals surface area contributed by atoms with Crippen molar-refractivity contribution in [3.63, 3.8) is 0 Å². The van der Waals surface area contributed by atoms with E-state index in [0.717, 1.165) is 11.1 Å². The molecule has 0 amide bonds. The van der Waals surface area contributed by atoms with Gasteiger partial charge in [-0.15, -0.1) is 0 Å². The second kappa shape index (κ2) is 15.5. The van der Waals surface area contributed by atoms with Crippen LogP contribution in [0.2, 0.25) is 40.2 Å². The third kappa shape index (κ3) is 9.75. The lowest BCUT2D eigenvalue weighted by Crippen LogP contribution is -2.43. The number of hydrogen-bond donors (Lipinski definition) is 0. The van der Waals surface area contributed by atoms with Crippen LogP contribution in [-0.2, 0) is 16.2 Å². The molecule has 0 aromatic heterocycles. The van der Waals surface area contributed by atoms with Crippen molar-refractivity contribution in [2.45, 2.75) is 63.7 Å². The van der Waals surface area contributed by atoms with E-state index >= 15 is 0 Å². The van der Waals surface area contributed by atoms with Crippen molar-refractivity contribution in [1.29, 1.82) is 0 Å². The van der Waals surface area contributed by atoms with Crippen molar-refractivity contribution in [3.8, 4) is 0 Å². The standard InChI is InChI=1S/C36H34Cl6O3Si2/c1-35(2,3)46(19-21-15-27(39)31(28(40)16-21)33(43)23-7-11-25(37)12-8-23)45-47(36(4,5)6)20-22-17-29(41)32(30(42)18-22)34(44)24-9-13-26(38)14-10-24/h7-18H,19-20H2,1-6H3. The Labute approximate surface area is 310 Å². The summed E-state index contributed by atoms with van der Waals surface area (Å²) in [5.74, 6) is -0.533. The minimum atomic E-state index is -1.52. The molecular formula is C36H34Cl6O3Si2. The van der Waals surface area contributed by atoms with Gasteiger partial charge in [-0.05, 0) is 106 Å². The number of benzene rings is 4. The minimum absolute atomic E-state index is 0.146. The van der Waals surface area contributed by atoms with Crippen LogP contribution in [0.3, 0.4) is 0 Å². The zero-order valence-electron chi connectivity index (χ0n) is 26.8. The van der Waals surface area contributed by atoms with E-state index in [2.05, 4.69) is 41.5 Å². The Bertz CT molecular complexity index is 1600. The van der Waals surface area contributed by atoms with Gasteiger partial charge in [0.25, 0.3) is 0 Å². The van der Waals surface area contributed by atoms with Crippen molar-refractivity contribution in [2.75, 3.05) is 0 Å². The Hall–Kier alpha value is -1.65. The molecule has 0 aliphatic carbocycles. The molecule has 246 valence electrons. The van der Waals surface area contributed by atoms with E-state index in [4.69, 9.17) is 73.7 Å². The van der Waals surface area contributed by atoms with Crippen molar-refractivity contribution < 1.29 is 13.7 Å². The molecule has 0 saturated heterocycles. The molecule has 0 N–H and O–H groups in total. The lowest BCUT2D eigenvalue weighted by atomic mass is 10.0. The molecule has 0 spiro atoms. The van der Waals surface area contributed by atoms with Gasteiger partial charge in [-0.2, -0.15) is 0 Å². The molecule has 47 heavy (non-hydrogen) atoms. The Morgan fingerprint density at radius 1 is 0.532 bits per heavy atom. The molecule has 0 atom stereocenters. The van der Waals surface area contributed by atoms with Gasteiger partial charge in [0, 0.05) is 21.2 Å². The van der Waals surface area contributed by atoms with Crippen molar-refractivity contribution in [3.05, 3.63) is 136 Å². The first-order valence-corrected chi connectivity index (χ1v) is 20.3. The van der Waals surface area contributed by atoms with Gasteiger partial charge >= 0.3 is 0 Å². The fourth-order valence-corrected chi connectivity index (χ4v) is 12.9. The molecule has 4 aromatic carbocycles. The molecule has 2 radical (unpaired) electrons. The summed E-state index contributed by atoms with van der Waals surface area (Å²) in [5.41, 5.74) is 3.24. The van der Waals surface area contributed by atoms with Crippen molar-refractivity contribution in [1.82, 2.24) is 0 Å². The minimum Gasteiger partial charge on any atom is -0.454 e. The molecule has 0 aliphatic heterocycles. The summed E-state index contributed by atoms with van der Waals surface area (Å²) in [6.45, 7) is 13.1. The Kier molecular flexibility index (Phi) is 12.6. The van der Waals surface area contributed by atoms with Gasteiger partial charge in [0.15, 0.2) is 11.6 Å². The van der Waals surface area contributed by atoms with Crippen molar-refractivity contribution in [2.24, 2.45) is 0 Å². The molecule has 3 nitrogen and oxygen atoms in total. The van der Waals surface area contributed by atoms with Crippen LogP contribution in [0.25, 0.3) is 0 Å². The van der Waals surface area contributed by atoms with Crippen LogP contribution in [0.5, 0.6) is 0 Å². The molecule has 0 unspecified atom stereocenters. The molecule has 4 rings (SSSR count). The van der Waals surface area contributed by atoms with Crippen molar-refractivity contribution >= 4 is 99.3 Å². The number of hydrogen-bond acceptors (Lipinski definition) is 3. The predicted octanol–water partition coefficient (Wildman–Crippen LogP) is 12.5. The third-order valence-corrected chi connectivity index (χ3v) is 16.0. The summed E-state index contributed by atoms with van der Waals surface area (Å²) in [6, 6.07) is 21.8. The van der Waals surface area contributed by atoms with E-state index in [1.54, 1.807) is 48.5 Å². The molecular weight excluding hydrogens is 749 g/mol. The largest absolute Gasteiger partial charge is 0.454 e. The zero-order chi connectivity index (χ0) is 34.8. The van der Waals surface area contributed by atoms with Gasteiger partial charge in [-0.1, -0.05) is 111 Å². The maximum absolute atomic E-state index is 13.2. The number of rotatable bonds is 10. The highest BCUT2D eigenvalue weighted by Crippen LogP contribution is 2.39. The monoisotopic (exact) mass is 780 g/mol. The average molecular weight is 784 g/mol. The van der Waals surface area contributed by atoms with E-state index in [1.165, 1.54) is 0 Å². The van der Waals surface area contributed by atoms with Crippen LogP contribution in [0, 0.1) is 0 Å². The third-order valence-electron chi connectivity index (χ3n) is 7.52. The number of carbonyl (C=O) groups excluding carboxylic acids is 2. The lowest BCUT2D eigenvalue weighted by molar-refractivity contribution is 0.103. The van der Waals surface area contributed by atoms with E-state index in [-0.39, 0.29) is 32.8 Å². The molecule has 0 heterocycles. The van der Waals surface area contributed by atoms with Crippen LogP contribution in [-0.4, -0.2) is 29.6 Å². The normalized spacial score (nSPS) is 12.2. The summed E-state index contributed by atoms with van der Waals surface area (Å²) in [5, 5.41) is 1.95. The molecule has 0 saturated carbocycles. The van der Waals surface area contributed by atoms with Crippen LogP contribution >= 0.6 is 69.6 Å². The lowest BCUT2D eigenvalue weighted by Gasteiger charge is -2.37. The maximum atomic E-state index is 13.2. The summed E-state index contributed by atoms with van der Waals surface area (Å²) in [7, 11) is -3.04.